The molecule has 1 rings (SSSR count). The SMILES string of the molecule is CCCCCCc1ccc(C(O)C(O)CN)cc1. The molecule has 0 amide bonds. The predicted molar refractivity (Wildman–Crippen MR) is 74.3 cm³/mol. The zero-order valence-electron chi connectivity index (χ0n) is 11.2. The summed E-state index contributed by atoms with van der Waals surface area (Å²) in [5, 5.41) is 19.3. The minimum Gasteiger partial charge on any atom is -0.389 e. The highest BCUT2D eigenvalue weighted by Crippen LogP contribution is 2.18. The van der Waals surface area contributed by atoms with Crippen LogP contribution in [0.15, 0.2) is 24.3 Å². The van der Waals surface area contributed by atoms with Gasteiger partial charge in [0.15, 0.2) is 0 Å². The molecule has 3 nitrogen and oxygen atoms in total. The fourth-order valence-corrected chi connectivity index (χ4v) is 1.99. The fourth-order valence-electron chi connectivity index (χ4n) is 1.99. The molecule has 0 spiro atoms. The van der Waals surface area contributed by atoms with Crippen molar-refractivity contribution in [2.24, 2.45) is 5.73 Å². The lowest BCUT2D eigenvalue weighted by atomic mass is 10.0. The van der Waals surface area contributed by atoms with Crippen LogP contribution in [0.3, 0.4) is 0 Å². The number of benzene rings is 1. The van der Waals surface area contributed by atoms with Crippen LogP contribution in [0.1, 0.15) is 49.8 Å². The highest BCUT2D eigenvalue weighted by Gasteiger charge is 2.16. The van der Waals surface area contributed by atoms with Crippen molar-refractivity contribution < 1.29 is 10.2 Å². The van der Waals surface area contributed by atoms with Gasteiger partial charge in [-0.15, -0.1) is 0 Å². The van der Waals surface area contributed by atoms with E-state index < -0.39 is 12.2 Å². The fraction of sp³-hybridized carbons (Fsp3) is 0.600. The van der Waals surface area contributed by atoms with Crippen LogP contribution in [0.25, 0.3) is 0 Å². The summed E-state index contributed by atoms with van der Waals surface area (Å²) in [7, 11) is 0. The second-order valence-corrected chi connectivity index (χ2v) is 4.80. The zero-order valence-corrected chi connectivity index (χ0v) is 11.2. The summed E-state index contributed by atoms with van der Waals surface area (Å²) >= 11 is 0. The lowest BCUT2D eigenvalue weighted by molar-refractivity contribution is 0.0243. The first-order valence-electron chi connectivity index (χ1n) is 6.84. The number of aryl methyl sites for hydroxylation is 1. The summed E-state index contributed by atoms with van der Waals surface area (Å²) in [6.07, 6.45) is 4.33. The Morgan fingerprint density at radius 2 is 1.72 bits per heavy atom. The second kappa shape index (κ2) is 8.25. The molecule has 2 unspecified atom stereocenters. The zero-order chi connectivity index (χ0) is 13.4. The van der Waals surface area contributed by atoms with Crippen LogP contribution in [0.5, 0.6) is 0 Å². The van der Waals surface area contributed by atoms with Gasteiger partial charge in [-0.05, 0) is 24.0 Å². The third-order valence-corrected chi connectivity index (χ3v) is 3.25. The Morgan fingerprint density at radius 3 is 2.28 bits per heavy atom. The van der Waals surface area contributed by atoms with Crippen LogP contribution in [0.2, 0.25) is 0 Å². The average Bonchev–Trinajstić information content (AvgIpc) is 2.42. The Bertz CT molecular complexity index is 324. The highest BCUT2D eigenvalue weighted by atomic mass is 16.3. The molecular weight excluding hydrogens is 226 g/mol. The largest absolute Gasteiger partial charge is 0.389 e. The van der Waals surface area contributed by atoms with Gasteiger partial charge >= 0.3 is 0 Å². The Hall–Kier alpha value is -0.900. The van der Waals surface area contributed by atoms with Gasteiger partial charge in [-0.3, -0.25) is 0 Å². The highest BCUT2D eigenvalue weighted by molar-refractivity contribution is 5.25. The molecule has 0 saturated heterocycles. The normalized spacial score (nSPS) is 14.4. The standard InChI is InChI=1S/C15H25NO2/c1-2-3-4-5-6-12-7-9-13(10-8-12)15(18)14(17)11-16/h7-10,14-15,17-18H,2-6,11,16H2,1H3. The van der Waals surface area contributed by atoms with Crippen molar-refractivity contribution in [2.45, 2.75) is 51.2 Å². The quantitative estimate of drug-likeness (QED) is 0.620. The van der Waals surface area contributed by atoms with Gasteiger partial charge in [0.05, 0.1) is 6.10 Å². The van der Waals surface area contributed by atoms with Crippen molar-refractivity contribution in [3.8, 4) is 0 Å². The minimum atomic E-state index is -0.889. The lowest BCUT2D eigenvalue weighted by Gasteiger charge is -2.16. The molecule has 0 heterocycles. The molecule has 0 saturated carbocycles. The molecular formula is C15H25NO2. The number of hydrogen-bond donors (Lipinski definition) is 3. The van der Waals surface area contributed by atoms with E-state index in [0.29, 0.717) is 0 Å². The third kappa shape index (κ3) is 4.77. The molecule has 0 aromatic heterocycles. The first-order chi connectivity index (χ1) is 8.69. The van der Waals surface area contributed by atoms with Gasteiger partial charge in [-0.1, -0.05) is 50.5 Å². The van der Waals surface area contributed by atoms with E-state index in [2.05, 4.69) is 6.92 Å². The second-order valence-electron chi connectivity index (χ2n) is 4.80. The number of rotatable bonds is 8. The first kappa shape index (κ1) is 15.2. The molecule has 18 heavy (non-hydrogen) atoms. The maximum atomic E-state index is 9.80. The molecule has 2 atom stereocenters. The van der Waals surface area contributed by atoms with Gasteiger partial charge in [0.25, 0.3) is 0 Å². The third-order valence-electron chi connectivity index (χ3n) is 3.25. The molecule has 0 aliphatic rings. The summed E-state index contributed by atoms with van der Waals surface area (Å²) in [6, 6.07) is 7.79. The van der Waals surface area contributed by atoms with Gasteiger partial charge in [0.2, 0.25) is 0 Å². The molecule has 4 N–H and O–H groups in total. The van der Waals surface area contributed by atoms with E-state index in [1.807, 2.05) is 24.3 Å². The van der Waals surface area contributed by atoms with E-state index in [-0.39, 0.29) is 6.54 Å². The van der Waals surface area contributed by atoms with Gasteiger partial charge in [0.1, 0.15) is 6.10 Å². The topological polar surface area (TPSA) is 66.5 Å². The minimum absolute atomic E-state index is 0.0694. The number of aliphatic hydroxyl groups is 2. The molecule has 1 aromatic rings. The summed E-state index contributed by atoms with van der Waals surface area (Å²) in [5.41, 5.74) is 7.33. The van der Waals surface area contributed by atoms with Crippen LogP contribution >= 0.6 is 0 Å². The van der Waals surface area contributed by atoms with Crippen LogP contribution in [0, 0.1) is 0 Å². The van der Waals surface area contributed by atoms with Crippen LogP contribution < -0.4 is 5.73 Å². The predicted octanol–water partition coefficient (Wildman–Crippen LogP) is 2.16. The molecule has 0 radical (unpaired) electrons. The van der Waals surface area contributed by atoms with Gasteiger partial charge < -0.3 is 15.9 Å². The van der Waals surface area contributed by atoms with E-state index in [0.717, 1.165) is 12.0 Å². The van der Waals surface area contributed by atoms with E-state index >= 15 is 0 Å². The Kier molecular flexibility index (Phi) is 6.94. The Labute approximate surface area is 110 Å². The van der Waals surface area contributed by atoms with Crippen LogP contribution in [-0.4, -0.2) is 22.9 Å². The number of aliphatic hydroxyl groups excluding tert-OH is 2. The van der Waals surface area contributed by atoms with E-state index in [1.165, 1.54) is 31.2 Å². The van der Waals surface area contributed by atoms with Crippen LogP contribution in [-0.2, 0) is 6.42 Å². The number of nitrogens with two attached hydrogens (primary N) is 1. The molecule has 1 aromatic carbocycles. The first-order valence-corrected chi connectivity index (χ1v) is 6.84. The van der Waals surface area contributed by atoms with Crippen molar-refractivity contribution in [1.29, 1.82) is 0 Å². The summed E-state index contributed by atoms with van der Waals surface area (Å²) in [5.74, 6) is 0. The summed E-state index contributed by atoms with van der Waals surface area (Å²) in [6.45, 7) is 2.28. The van der Waals surface area contributed by atoms with E-state index in [9.17, 15) is 10.2 Å². The van der Waals surface area contributed by atoms with Crippen LogP contribution in [0.4, 0.5) is 0 Å². The van der Waals surface area contributed by atoms with Crippen molar-refractivity contribution >= 4 is 0 Å². The maximum absolute atomic E-state index is 9.80. The maximum Gasteiger partial charge on any atom is 0.106 e. The molecule has 102 valence electrons. The van der Waals surface area contributed by atoms with Gasteiger partial charge in [0, 0.05) is 6.54 Å². The Balaban J connectivity index is 2.47. The smallest absolute Gasteiger partial charge is 0.106 e. The summed E-state index contributed by atoms with van der Waals surface area (Å²) in [4.78, 5) is 0. The van der Waals surface area contributed by atoms with Gasteiger partial charge in [-0.2, -0.15) is 0 Å². The van der Waals surface area contributed by atoms with Crippen molar-refractivity contribution in [3.05, 3.63) is 35.4 Å². The number of hydrogen-bond acceptors (Lipinski definition) is 3. The lowest BCUT2D eigenvalue weighted by Crippen LogP contribution is -2.27. The Morgan fingerprint density at radius 1 is 1.06 bits per heavy atom. The van der Waals surface area contributed by atoms with Crippen molar-refractivity contribution in [2.75, 3.05) is 6.54 Å². The van der Waals surface area contributed by atoms with E-state index in [1.54, 1.807) is 0 Å². The van der Waals surface area contributed by atoms with E-state index in [4.69, 9.17) is 5.73 Å². The van der Waals surface area contributed by atoms with Gasteiger partial charge in [-0.25, -0.2) is 0 Å². The number of unbranched alkanes of at least 4 members (excludes halogenated alkanes) is 3. The molecule has 3 heteroatoms. The molecule has 0 bridgehead atoms. The van der Waals surface area contributed by atoms with Crippen molar-refractivity contribution in [3.63, 3.8) is 0 Å². The molecule has 0 aliphatic heterocycles. The molecule has 0 fully saturated rings. The summed E-state index contributed by atoms with van der Waals surface area (Å²) < 4.78 is 0. The van der Waals surface area contributed by atoms with Crippen molar-refractivity contribution in [1.82, 2.24) is 0 Å². The molecule has 0 aliphatic carbocycles. The monoisotopic (exact) mass is 251 g/mol. The average molecular weight is 251 g/mol.